The van der Waals surface area contributed by atoms with Gasteiger partial charge in [-0.15, -0.1) is 0 Å². The summed E-state index contributed by atoms with van der Waals surface area (Å²) in [7, 11) is 1.87. The average Bonchev–Trinajstić information content (AvgIpc) is 3.88. The van der Waals surface area contributed by atoms with Crippen LogP contribution in [-0.2, 0) is 17.7 Å². The van der Waals surface area contributed by atoms with E-state index in [1.165, 1.54) is 5.56 Å². The molecule has 0 radical (unpaired) electrons. The minimum absolute atomic E-state index is 0.0968. The summed E-state index contributed by atoms with van der Waals surface area (Å²) in [5.41, 5.74) is 7.18. The number of hydrogen-bond donors (Lipinski definition) is 3. The smallest absolute Gasteiger partial charge is 0.404 e. The molecule has 2 aliphatic heterocycles. The predicted molar refractivity (Wildman–Crippen MR) is 191 cm³/mol. The van der Waals surface area contributed by atoms with Gasteiger partial charge >= 0.3 is 6.09 Å². The van der Waals surface area contributed by atoms with Crippen molar-refractivity contribution in [3.8, 4) is 22.6 Å². The number of carboxylic acid groups (broad SMARTS) is 1. The molecular formula is C38H44N8O4. The minimum atomic E-state index is -1.05. The lowest BCUT2D eigenvalue weighted by Crippen LogP contribution is -2.39. The molecule has 2 aliphatic rings. The summed E-state index contributed by atoms with van der Waals surface area (Å²) < 4.78 is 8.11. The molecule has 260 valence electrons. The molecule has 3 aromatic heterocycles. The molecule has 0 spiro atoms. The topological polar surface area (TPSA) is 141 Å². The number of fused-ring (bicyclic) bond motifs is 1. The van der Waals surface area contributed by atoms with E-state index in [0.29, 0.717) is 30.2 Å². The van der Waals surface area contributed by atoms with E-state index in [2.05, 4.69) is 67.6 Å². The molecule has 2 amide bonds. The largest absolute Gasteiger partial charge is 0.465 e. The number of nitrogens with one attached hydrogen (secondary N) is 2. The number of carbonyl (C=O) groups is 2. The van der Waals surface area contributed by atoms with Crippen molar-refractivity contribution < 1.29 is 19.4 Å². The van der Waals surface area contributed by atoms with Gasteiger partial charge in [0.2, 0.25) is 0 Å². The van der Waals surface area contributed by atoms with E-state index in [0.717, 1.165) is 78.5 Å². The molecule has 5 aromatic rings. The molecule has 3 N–H and O–H groups in total. The molecule has 0 aliphatic carbocycles. The van der Waals surface area contributed by atoms with Crippen LogP contribution in [0.25, 0.3) is 33.5 Å². The highest BCUT2D eigenvalue weighted by Crippen LogP contribution is 2.36. The number of nitrogens with zero attached hydrogens (tertiary/aromatic N) is 6. The van der Waals surface area contributed by atoms with Crippen LogP contribution < -0.4 is 5.32 Å². The minimum Gasteiger partial charge on any atom is -0.465 e. The number of imidazole rings is 1. The lowest BCUT2D eigenvalue weighted by atomic mass is 9.95. The first-order chi connectivity index (χ1) is 24.2. The number of H-pyrrole nitrogens is 1. The van der Waals surface area contributed by atoms with Gasteiger partial charge in [-0.05, 0) is 80.3 Å². The molecule has 2 aromatic carbocycles. The van der Waals surface area contributed by atoms with Crippen LogP contribution in [0.3, 0.4) is 0 Å². The Morgan fingerprint density at radius 2 is 1.96 bits per heavy atom. The lowest BCUT2D eigenvalue weighted by molar-refractivity contribution is -0.0365. The van der Waals surface area contributed by atoms with E-state index in [-0.39, 0.29) is 24.2 Å². The second-order valence-electron chi connectivity index (χ2n) is 13.6. The Labute approximate surface area is 291 Å². The summed E-state index contributed by atoms with van der Waals surface area (Å²) in [6, 6.07) is 16.5. The number of rotatable bonds is 10. The summed E-state index contributed by atoms with van der Waals surface area (Å²) in [5, 5.41) is 17.6. The second kappa shape index (κ2) is 14.4. The summed E-state index contributed by atoms with van der Waals surface area (Å²) in [4.78, 5) is 41.7. The fourth-order valence-electron chi connectivity index (χ4n) is 7.30. The van der Waals surface area contributed by atoms with E-state index >= 15 is 0 Å². The Bertz CT molecular complexity index is 1980. The number of likely N-dealkylation sites (N-methyl/N-ethyl adjacent to an activating group) is 1. The van der Waals surface area contributed by atoms with Gasteiger partial charge in [0, 0.05) is 68.7 Å². The van der Waals surface area contributed by atoms with Gasteiger partial charge in [-0.1, -0.05) is 36.4 Å². The Hall–Kier alpha value is -5.07. The highest BCUT2D eigenvalue weighted by Gasteiger charge is 2.30. The number of amides is 2. The van der Waals surface area contributed by atoms with Crippen molar-refractivity contribution >= 4 is 22.9 Å². The van der Waals surface area contributed by atoms with E-state index in [4.69, 9.17) is 14.9 Å². The van der Waals surface area contributed by atoms with E-state index in [9.17, 15) is 9.59 Å². The van der Waals surface area contributed by atoms with Crippen LogP contribution in [0.4, 0.5) is 4.79 Å². The van der Waals surface area contributed by atoms with E-state index in [1.807, 2.05) is 42.7 Å². The van der Waals surface area contributed by atoms with Crippen LogP contribution in [-0.4, -0.2) is 90.5 Å². The lowest BCUT2D eigenvalue weighted by Gasteiger charge is -2.24. The SMILES string of the molecule is Cc1c(CC(C)NC(=O)O)cncc1-c1ccc2c(c1)c(-c1ncc(C(=O)N(C)C3CCN(Cc4ccccc4)C3)[nH]1)nn2C1CCCCO1. The molecule has 2 saturated heterocycles. The number of pyridine rings is 1. The predicted octanol–water partition coefficient (Wildman–Crippen LogP) is 6.04. The van der Waals surface area contributed by atoms with Gasteiger partial charge in [0.1, 0.15) is 11.4 Å². The number of benzene rings is 2. The molecule has 12 nitrogen and oxygen atoms in total. The highest BCUT2D eigenvalue weighted by molar-refractivity contribution is 5.97. The molecule has 50 heavy (non-hydrogen) atoms. The third-order valence-electron chi connectivity index (χ3n) is 10.1. The third-order valence-corrected chi connectivity index (χ3v) is 10.1. The molecule has 12 heteroatoms. The normalized spacial score (nSPS) is 18.7. The number of likely N-dealkylation sites (tertiary alicyclic amines) is 1. The molecule has 0 bridgehead atoms. The Kier molecular flexibility index (Phi) is 9.64. The maximum Gasteiger partial charge on any atom is 0.404 e. The van der Waals surface area contributed by atoms with Crippen molar-refractivity contribution in [1.29, 1.82) is 0 Å². The van der Waals surface area contributed by atoms with Crippen LogP contribution in [0.5, 0.6) is 0 Å². The zero-order valence-corrected chi connectivity index (χ0v) is 28.8. The molecule has 0 saturated carbocycles. The third kappa shape index (κ3) is 6.99. The van der Waals surface area contributed by atoms with Crippen molar-refractivity contribution in [1.82, 2.24) is 39.8 Å². The first-order valence-corrected chi connectivity index (χ1v) is 17.4. The van der Waals surface area contributed by atoms with Gasteiger partial charge in [-0.25, -0.2) is 14.5 Å². The van der Waals surface area contributed by atoms with Crippen LogP contribution in [0.15, 0.2) is 67.1 Å². The summed E-state index contributed by atoms with van der Waals surface area (Å²) in [6.45, 7) is 7.20. The van der Waals surface area contributed by atoms with Crippen molar-refractivity contribution in [2.75, 3.05) is 26.7 Å². The van der Waals surface area contributed by atoms with Gasteiger partial charge in [0.15, 0.2) is 12.1 Å². The zero-order valence-electron chi connectivity index (χ0n) is 28.8. The molecule has 7 rings (SSSR count). The average molecular weight is 677 g/mol. The number of carbonyl (C=O) groups excluding carboxylic acids is 1. The van der Waals surface area contributed by atoms with Crippen molar-refractivity contribution in [3.63, 3.8) is 0 Å². The quantitative estimate of drug-likeness (QED) is 0.163. The fourth-order valence-corrected chi connectivity index (χ4v) is 7.30. The second-order valence-corrected chi connectivity index (χ2v) is 13.6. The zero-order chi connectivity index (χ0) is 34.8. The Morgan fingerprint density at radius 3 is 2.74 bits per heavy atom. The Morgan fingerprint density at radius 1 is 1.12 bits per heavy atom. The first kappa shape index (κ1) is 33.4. The van der Waals surface area contributed by atoms with Crippen molar-refractivity contribution in [3.05, 3.63) is 89.5 Å². The number of aromatic amines is 1. The number of ether oxygens (including phenoxy) is 1. The van der Waals surface area contributed by atoms with Crippen LogP contribution in [0.1, 0.15) is 66.0 Å². The van der Waals surface area contributed by atoms with Crippen LogP contribution in [0.2, 0.25) is 0 Å². The molecule has 3 unspecified atom stereocenters. The van der Waals surface area contributed by atoms with E-state index < -0.39 is 6.09 Å². The highest BCUT2D eigenvalue weighted by atomic mass is 16.5. The number of aromatic nitrogens is 5. The summed E-state index contributed by atoms with van der Waals surface area (Å²) >= 11 is 0. The molecule has 2 fully saturated rings. The Balaban J connectivity index is 1.17. The molecule has 3 atom stereocenters. The van der Waals surface area contributed by atoms with Crippen molar-refractivity contribution in [2.24, 2.45) is 0 Å². The molecule has 5 heterocycles. The summed E-state index contributed by atoms with van der Waals surface area (Å²) in [5.74, 6) is 0.424. The van der Waals surface area contributed by atoms with Gasteiger partial charge < -0.3 is 25.0 Å². The monoisotopic (exact) mass is 676 g/mol. The standard InChI is InChI=1S/C38H44N8O4/c1-24(41-38(48)49)17-28-19-39-20-31(25(28)2)27-12-13-33-30(18-27)35(43-46(33)34-11-7-8-16-50-34)36-40-21-32(42-36)37(47)44(3)29-14-15-45(23-29)22-26-9-5-4-6-10-26/h4-6,9-10,12-13,18-21,24,29,34,41H,7-8,11,14-17,22-23H2,1-3H3,(H,40,42)(H,48,49). The number of hydrogen-bond acceptors (Lipinski definition) is 7. The fraction of sp³-hybridized carbons (Fsp3) is 0.395. The maximum atomic E-state index is 13.7. The van der Waals surface area contributed by atoms with Crippen molar-refractivity contribution in [2.45, 2.75) is 70.8 Å². The van der Waals surface area contributed by atoms with Gasteiger partial charge in [0.25, 0.3) is 5.91 Å². The van der Waals surface area contributed by atoms with Gasteiger partial charge in [0.05, 0.1) is 11.7 Å². The first-order valence-electron chi connectivity index (χ1n) is 17.4. The molecular weight excluding hydrogens is 632 g/mol. The van der Waals surface area contributed by atoms with Crippen LogP contribution >= 0.6 is 0 Å². The van der Waals surface area contributed by atoms with E-state index in [1.54, 1.807) is 12.4 Å². The van der Waals surface area contributed by atoms with Gasteiger partial charge in [-0.3, -0.25) is 14.7 Å². The summed E-state index contributed by atoms with van der Waals surface area (Å²) in [6.07, 6.45) is 8.40. The van der Waals surface area contributed by atoms with Crippen LogP contribution in [0, 0.1) is 6.92 Å². The van der Waals surface area contributed by atoms with Gasteiger partial charge in [-0.2, -0.15) is 5.10 Å². The maximum absolute atomic E-state index is 13.7.